The summed E-state index contributed by atoms with van der Waals surface area (Å²) in [6.07, 6.45) is 0. The van der Waals surface area contributed by atoms with E-state index < -0.39 is 5.97 Å². The smallest absolute Gasteiger partial charge is 0.344 e. The van der Waals surface area contributed by atoms with E-state index in [0.717, 1.165) is 16.9 Å². The second-order valence-corrected chi connectivity index (χ2v) is 6.32. The van der Waals surface area contributed by atoms with Crippen molar-refractivity contribution in [3.05, 3.63) is 71.4 Å². The van der Waals surface area contributed by atoms with Gasteiger partial charge in [-0.25, -0.2) is 9.48 Å². The van der Waals surface area contributed by atoms with Crippen LogP contribution in [0, 0.1) is 6.92 Å². The van der Waals surface area contributed by atoms with Crippen molar-refractivity contribution >= 4 is 5.97 Å². The number of carbonyl (C=O) groups excluding carboxylic acids is 1. The lowest BCUT2D eigenvalue weighted by molar-refractivity contribution is 0.0721. The predicted octanol–water partition coefficient (Wildman–Crippen LogP) is 4.53. The molecule has 0 aliphatic rings. The van der Waals surface area contributed by atoms with E-state index >= 15 is 0 Å². The van der Waals surface area contributed by atoms with Crippen molar-refractivity contribution in [1.82, 2.24) is 9.78 Å². The van der Waals surface area contributed by atoms with Crippen LogP contribution in [-0.2, 0) is 0 Å². The van der Waals surface area contributed by atoms with Gasteiger partial charge in [0.25, 0.3) is 0 Å². The van der Waals surface area contributed by atoms with Crippen molar-refractivity contribution in [3.63, 3.8) is 0 Å². The third kappa shape index (κ3) is 3.47. The summed E-state index contributed by atoms with van der Waals surface area (Å²) < 4.78 is 12.6. The van der Waals surface area contributed by atoms with Crippen molar-refractivity contribution in [3.8, 4) is 17.3 Å². The zero-order valence-corrected chi connectivity index (χ0v) is 15.4. The van der Waals surface area contributed by atoms with Crippen LogP contribution < -0.4 is 9.47 Å². The number of methoxy groups -OCH3 is 1. The lowest BCUT2D eigenvalue weighted by Gasteiger charge is -2.12. The fourth-order valence-electron chi connectivity index (χ4n) is 2.90. The number of ether oxygens (including phenoxy) is 2. The molecule has 26 heavy (non-hydrogen) atoms. The Morgan fingerprint density at radius 3 is 2.27 bits per heavy atom. The van der Waals surface area contributed by atoms with E-state index in [1.165, 1.54) is 0 Å². The molecular weight excluding hydrogens is 328 g/mol. The van der Waals surface area contributed by atoms with E-state index in [9.17, 15) is 4.79 Å². The van der Waals surface area contributed by atoms with Crippen LogP contribution in [0.15, 0.2) is 54.6 Å². The molecule has 0 spiro atoms. The number of carbonyl (C=O) groups is 1. The molecule has 3 aromatic rings. The first-order chi connectivity index (χ1) is 12.5. The molecule has 0 amide bonds. The van der Waals surface area contributed by atoms with E-state index in [1.54, 1.807) is 36.1 Å². The van der Waals surface area contributed by atoms with Gasteiger partial charge in [-0.15, -0.1) is 0 Å². The summed E-state index contributed by atoms with van der Waals surface area (Å²) >= 11 is 0. The minimum Gasteiger partial charge on any atom is -0.497 e. The van der Waals surface area contributed by atoms with Gasteiger partial charge in [-0.05, 0) is 49.2 Å². The fourth-order valence-corrected chi connectivity index (χ4v) is 2.90. The second-order valence-electron chi connectivity index (χ2n) is 6.32. The second kappa shape index (κ2) is 7.44. The van der Waals surface area contributed by atoms with Crippen LogP contribution in [0.5, 0.6) is 11.6 Å². The molecule has 0 unspecified atom stereocenters. The SMILES string of the molecule is COc1ccc(C(=O)Oc2c(C(C)C)c(C)nn2-c2ccccc2)cc1. The molecular formula is C21H22N2O3. The highest BCUT2D eigenvalue weighted by Gasteiger charge is 2.23. The van der Waals surface area contributed by atoms with Gasteiger partial charge in [0.2, 0.25) is 5.88 Å². The first-order valence-corrected chi connectivity index (χ1v) is 8.52. The molecule has 1 heterocycles. The third-order valence-electron chi connectivity index (χ3n) is 4.16. The molecule has 0 N–H and O–H groups in total. The largest absolute Gasteiger partial charge is 0.497 e. The van der Waals surface area contributed by atoms with Gasteiger partial charge in [0.1, 0.15) is 5.75 Å². The van der Waals surface area contributed by atoms with Gasteiger partial charge in [-0.3, -0.25) is 0 Å². The van der Waals surface area contributed by atoms with Crippen LogP contribution in [0.3, 0.4) is 0 Å². The molecule has 0 saturated carbocycles. The number of para-hydroxylation sites is 1. The minimum absolute atomic E-state index is 0.172. The van der Waals surface area contributed by atoms with Crippen molar-refractivity contribution in [2.45, 2.75) is 26.7 Å². The van der Waals surface area contributed by atoms with Crippen LogP contribution in [0.1, 0.15) is 41.4 Å². The van der Waals surface area contributed by atoms with Crippen molar-refractivity contribution < 1.29 is 14.3 Å². The molecule has 0 bridgehead atoms. The summed E-state index contributed by atoms with van der Waals surface area (Å²) in [5.41, 5.74) is 3.08. The predicted molar refractivity (Wildman–Crippen MR) is 100 cm³/mol. The zero-order valence-electron chi connectivity index (χ0n) is 15.4. The summed E-state index contributed by atoms with van der Waals surface area (Å²) in [5.74, 6) is 0.900. The van der Waals surface area contributed by atoms with Crippen LogP contribution >= 0.6 is 0 Å². The number of rotatable bonds is 5. The van der Waals surface area contributed by atoms with Gasteiger partial charge < -0.3 is 9.47 Å². The van der Waals surface area contributed by atoms with Gasteiger partial charge >= 0.3 is 5.97 Å². The molecule has 0 aliphatic carbocycles. The van der Waals surface area contributed by atoms with E-state index in [0.29, 0.717) is 17.2 Å². The first kappa shape index (κ1) is 17.7. The molecule has 134 valence electrons. The number of aromatic nitrogens is 2. The van der Waals surface area contributed by atoms with Gasteiger partial charge in [-0.2, -0.15) is 5.10 Å². The van der Waals surface area contributed by atoms with Crippen LogP contribution in [0.25, 0.3) is 5.69 Å². The first-order valence-electron chi connectivity index (χ1n) is 8.52. The van der Waals surface area contributed by atoms with Crippen LogP contribution in [-0.4, -0.2) is 22.9 Å². The van der Waals surface area contributed by atoms with Crippen LogP contribution in [0.4, 0.5) is 0 Å². The highest BCUT2D eigenvalue weighted by Crippen LogP contribution is 2.32. The molecule has 0 aliphatic heterocycles. The van der Waals surface area contributed by atoms with Gasteiger partial charge in [-0.1, -0.05) is 32.0 Å². The zero-order chi connectivity index (χ0) is 18.7. The number of nitrogens with zero attached hydrogens (tertiary/aromatic N) is 2. The molecule has 0 radical (unpaired) electrons. The minimum atomic E-state index is -0.424. The number of aryl methyl sites for hydroxylation is 1. The molecule has 0 fully saturated rings. The normalized spacial score (nSPS) is 10.8. The summed E-state index contributed by atoms with van der Waals surface area (Å²) in [7, 11) is 1.59. The molecule has 3 rings (SSSR count). The lowest BCUT2D eigenvalue weighted by Crippen LogP contribution is -2.13. The van der Waals surface area contributed by atoms with Crippen molar-refractivity contribution in [2.24, 2.45) is 0 Å². The Morgan fingerprint density at radius 1 is 1.04 bits per heavy atom. The maximum atomic E-state index is 12.7. The Labute approximate surface area is 153 Å². The summed E-state index contributed by atoms with van der Waals surface area (Å²) in [4.78, 5) is 12.7. The fraction of sp³-hybridized carbons (Fsp3) is 0.238. The number of hydrogen-bond acceptors (Lipinski definition) is 4. The van der Waals surface area contributed by atoms with Crippen molar-refractivity contribution in [1.29, 1.82) is 0 Å². The average molecular weight is 350 g/mol. The topological polar surface area (TPSA) is 53.4 Å². The summed E-state index contributed by atoms with van der Waals surface area (Å²) in [6.45, 7) is 6.05. The Morgan fingerprint density at radius 2 is 1.69 bits per heavy atom. The van der Waals surface area contributed by atoms with E-state index in [-0.39, 0.29) is 5.92 Å². The van der Waals surface area contributed by atoms with E-state index in [4.69, 9.17) is 9.47 Å². The quantitative estimate of drug-likeness (QED) is 0.634. The maximum absolute atomic E-state index is 12.7. The molecule has 5 heteroatoms. The van der Waals surface area contributed by atoms with Gasteiger partial charge in [0, 0.05) is 5.56 Å². The Hall–Kier alpha value is -3.08. The summed E-state index contributed by atoms with van der Waals surface area (Å²) in [6, 6.07) is 16.5. The molecule has 0 atom stereocenters. The van der Waals surface area contributed by atoms with Gasteiger partial charge in [0.15, 0.2) is 0 Å². The Bertz CT molecular complexity index is 897. The Kier molecular flexibility index (Phi) is 5.07. The third-order valence-corrected chi connectivity index (χ3v) is 4.16. The lowest BCUT2D eigenvalue weighted by atomic mass is 10.0. The standard InChI is InChI=1S/C21H22N2O3/c1-14(2)19-15(3)22-23(17-8-6-5-7-9-17)20(19)26-21(24)16-10-12-18(25-4)13-11-16/h5-14H,1-4H3. The van der Waals surface area contributed by atoms with Gasteiger partial charge in [0.05, 0.1) is 24.1 Å². The molecule has 1 aromatic heterocycles. The molecule has 2 aromatic carbocycles. The maximum Gasteiger partial charge on any atom is 0.344 e. The number of hydrogen-bond donors (Lipinski definition) is 0. The number of esters is 1. The van der Waals surface area contributed by atoms with E-state index in [2.05, 4.69) is 18.9 Å². The monoisotopic (exact) mass is 350 g/mol. The van der Waals surface area contributed by atoms with Crippen LogP contribution in [0.2, 0.25) is 0 Å². The Balaban J connectivity index is 2.00. The molecule has 0 saturated heterocycles. The highest BCUT2D eigenvalue weighted by atomic mass is 16.5. The summed E-state index contributed by atoms with van der Waals surface area (Å²) in [5, 5.41) is 4.60. The van der Waals surface area contributed by atoms with E-state index in [1.807, 2.05) is 37.3 Å². The average Bonchev–Trinajstić information content (AvgIpc) is 2.98. The highest BCUT2D eigenvalue weighted by molar-refractivity contribution is 5.91. The number of benzene rings is 2. The molecule has 5 nitrogen and oxygen atoms in total. The van der Waals surface area contributed by atoms with Crippen molar-refractivity contribution in [2.75, 3.05) is 7.11 Å².